The number of hydrogen-bond donors (Lipinski definition) is 0. The van der Waals surface area contributed by atoms with E-state index in [1.807, 2.05) is 45.0 Å². The molecule has 2 aliphatic rings. The summed E-state index contributed by atoms with van der Waals surface area (Å²) in [6, 6.07) is 12.2. The predicted molar refractivity (Wildman–Crippen MR) is 136 cm³/mol. The molecule has 1 saturated heterocycles. The molecule has 8 heteroatoms. The minimum absolute atomic E-state index is 0.0506. The molecule has 0 spiro atoms. The zero-order valence-corrected chi connectivity index (χ0v) is 21.0. The fourth-order valence-corrected chi connectivity index (χ4v) is 4.91. The first-order chi connectivity index (χ1) is 17.5. The number of carbonyl (C=O) groups excluding carboxylic acids is 1. The summed E-state index contributed by atoms with van der Waals surface area (Å²) in [4.78, 5) is 31.4. The Morgan fingerprint density at radius 2 is 1.72 bits per heavy atom. The predicted octanol–water partition coefficient (Wildman–Crippen LogP) is 3.86. The van der Waals surface area contributed by atoms with Gasteiger partial charge >= 0.3 is 0 Å². The Labute approximate surface area is 210 Å². The van der Waals surface area contributed by atoms with Gasteiger partial charge in [0.1, 0.15) is 17.1 Å². The first-order valence-corrected chi connectivity index (χ1v) is 12.6. The van der Waals surface area contributed by atoms with Crippen molar-refractivity contribution in [3.63, 3.8) is 0 Å². The van der Waals surface area contributed by atoms with Crippen molar-refractivity contribution in [3.8, 4) is 11.5 Å². The number of hydrogen-bond acceptors (Lipinski definition) is 7. The second kappa shape index (κ2) is 10.3. The van der Waals surface area contributed by atoms with E-state index >= 15 is 0 Å². The Hall–Kier alpha value is -3.36. The summed E-state index contributed by atoms with van der Waals surface area (Å²) in [7, 11) is 0. The molecule has 36 heavy (non-hydrogen) atoms. The largest absolute Gasteiger partial charge is 0.494 e. The quantitative estimate of drug-likeness (QED) is 0.472. The topological polar surface area (TPSA) is 81.5 Å². The number of rotatable bonds is 8. The van der Waals surface area contributed by atoms with Crippen LogP contribution in [0.25, 0.3) is 11.0 Å². The highest BCUT2D eigenvalue weighted by Gasteiger charge is 2.42. The van der Waals surface area contributed by atoms with Crippen LogP contribution in [0.1, 0.15) is 48.5 Å². The Morgan fingerprint density at radius 1 is 1.00 bits per heavy atom. The molecule has 0 saturated carbocycles. The molecule has 2 aliphatic heterocycles. The number of nitrogens with zero attached hydrogens (tertiary/aromatic N) is 2. The lowest BCUT2D eigenvalue weighted by Gasteiger charge is -2.31. The molecular weight excluding hydrogens is 460 g/mol. The molecule has 0 radical (unpaired) electrons. The molecule has 0 bridgehead atoms. The highest BCUT2D eigenvalue weighted by molar-refractivity contribution is 5.99. The third kappa shape index (κ3) is 4.70. The van der Waals surface area contributed by atoms with Gasteiger partial charge in [0.15, 0.2) is 5.43 Å². The standard InChI is InChI=1S/C28H32N2O6/c1-4-34-21-9-10-22-23(17-21)36-27-24(26(22)31)25(19-5-7-20(8-6-19)35-18(2)3)30(28(27)32)12-11-29-13-15-33-16-14-29/h5-10,17-18,25H,4,11-16H2,1-3H3. The van der Waals surface area contributed by atoms with Crippen LogP contribution in [-0.4, -0.2) is 67.8 Å². The fourth-order valence-electron chi connectivity index (χ4n) is 4.91. The van der Waals surface area contributed by atoms with Crippen molar-refractivity contribution in [2.45, 2.75) is 32.9 Å². The summed E-state index contributed by atoms with van der Waals surface area (Å²) < 4.78 is 22.9. The van der Waals surface area contributed by atoms with E-state index in [9.17, 15) is 9.59 Å². The van der Waals surface area contributed by atoms with Crippen LogP contribution in [0, 0.1) is 0 Å². The van der Waals surface area contributed by atoms with Gasteiger partial charge in [-0.25, -0.2) is 0 Å². The van der Waals surface area contributed by atoms with E-state index in [1.165, 1.54) is 0 Å². The molecule has 0 N–H and O–H groups in total. The van der Waals surface area contributed by atoms with Gasteiger partial charge in [0.05, 0.1) is 42.9 Å². The lowest BCUT2D eigenvalue weighted by Crippen LogP contribution is -2.42. The number of fused-ring (bicyclic) bond motifs is 2. The summed E-state index contributed by atoms with van der Waals surface area (Å²) in [5.41, 5.74) is 1.39. The van der Waals surface area contributed by atoms with Gasteiger partial charge in [0.25, 0.3) is 5.91 Å². The summed E-state index contributed by atoms with van der Waals surface area (Å²) in [6.45, 7) is 10.5. The normalized spacial score (nSPS) is 18.2. The highest BCUT2D eigenvalue weighted by atomic mass is 16.5. The van der Waals surface area contributed by atoms with Gasteiger partial charge < -0.3 is 23.5 Å². The van der Waals surface area contributed by atoms with Gasteiger partial charge in [-0.05, 0) is 50.6 Å². The average molecular weight is 493 g/mol. The molecule has 2 aromatic carbocycles. The van der Waals surface area contributed by atoms with Crippen LogP contribution in [0.5, 0.6) is 11.5 Å². The number of morpholine rings is 1. The van der Waals surface area contributed by atoms with Gasteiger partial charge in [0, 0.05) is 32.2 Å². The Balaban J connectivity index is 1.56. The van der Waals surface area contributed by atoms with E-state index in [0.717, 1.165) is 24.4 Å². The van der Waals surface area contributed by atoms with Crippen LogP contribution < -0.4 is 14.9 Å². The van der Waals surface area contributed by atoms with Gasteiger partial charge in [0.2, 0.25) is 5.76 Å². The zero-order chi connectivity index (χ0) is 25.2. The van der Waals surface area contributed by atoms with Crippen LogP contribution >= 0.6 is 0 Å². The van der Waals surface area contributed by atoms with E-state index in [4.69, 9.17) is 18.6 Å². The van der Waals surface area contributed by atoms with Crippen molar-refractivity contribution in [1.29, 1.82) is 0 Å². The van der Waals surface area contributed by atoms with E-state index < -0.39 is 6.04 Å². The van der Waals surface area contributed by atoms with E-state index in [1.54, 1.807) is 23.1 Å². The maximum atomic E-state index is 13.8. The van der Waals surface area contributed by atoms with Crippen molar-refractivity contribution in [3.05, 3.63) is 69.6 Å². The van der Waals surface area contributed by atoms with E-state index in [0.29, 0.717) is 55.2 Å². The van der Waals surface area contributed by atoms with E-state index in [2.05, 4.69) is 4.90 Å². The van der Waals surface area contributed by atoms with Crippen molar-refractivity contribution in [2.75, 3.05) is 46.0 Å². The lowest BCUT2D eigenvalue weighted by molar-refractivity contribution is 0.0314. The molecule has 8 nitrogen and oxygen atoms in total. The summed E-state index contributed by atoms with van der Waals surface area (Å²) >= 11 is 0. The van der Waals surface area contributed by atoms with Crippen molar-refractivity contribution in [1.82, 2.24) is 9.80 Å². The minimum Gasteiger partial charge on any atom is -0.494 e. The third-order valence-electron chi connectivity index (χ3n) is 6.58. The second-order valence-electron chi connectivity index (χ2n) is 9.36. The molecule has 1 unspecified atom stereocenters. The number of amides is 1. The molecule has 1 aromatic heterocycles. The third-order valence-corrected chi connectivity index (χ3v) is 6.58. The molecule has 1 amide bonds. The van der Waals surface area contributed by atoms with Gasteiger partial charge in [-0.3, -0.25) is 14.5 Å². The number of benzene rings is 2. The van der Waals surface area contributed by atoms with Crippen LogP contribution in [0.3, 0.4) is 0 Å². The number of carbonyl (C=O) groups is 1. The van der Waals surface area contributed by atoms with Gasteiger partial charge in [-0.1, -0.05) is 12.1 Å². The SMILES string of the molecule is CCOc1ccc2c(=O)c3c(oc2c1)C(=O)N(CCN1CCOCC1)C3c1ccc(OC(C)C)cc1. The monoisotopic (exact) mass is 492 g/mol. The molecule has 3 heterocycles. The summed E-state index contributed by atoms with van der Waals surface area (Å²) in [5.74, 6) is 1.18. The Morgan fingerprint density at radius 3 is 2.42 bits per heavy atom. The van der Waals surface area contributed by atoms with Gasteiger partial charge in [-0.15, -0.1) is 0 Å². The maximum absolute atomic E-state index is 13.8. The van der Waals surface area contributed by atoms with Gasteiger partial charge in [-0.2, -0.15) is 0 Å². The Kier molecular flexibility index (Phi) is 6.98. The van der Waals surface area contributed by atoms with Crippen LogP contribution in [0.4, 0.5) is 0 Å². The molecule has 190 valence electrons. The van der Waals surface area contributed by atoms with Crippen LogP contribution in [-0.2, 0) is 4.74 Å². The molecule has 3 aromatic rings. The first-order valence-electron chi connectivity index (χ1n) is 12.6. The molecule has 5 rings (SSSR count). The van der Waals surface area contributed by atoms with E-state index in [-0.39, 0.29) is 23.2 Å². The van der Waals surface area contributed by atoms with Crippen molar-refractivity contribution < 1.29 is 23.4 Å². The molecule has 1 fully saturated rings. The summed E-state index contributed by atoms with van der Waals surface area (Å²) in [6.07, 6.45) is 0.0506. The number of ether oxygens (including phenoxy) is 3. The molecule has 0 aliphatic carbocycles. The fraction of sp³-hybridized carbons (Fsp3) is 0.429. The lowest BCUT2D eigenvalue weighted by atomic mass is 9.98. The zero-order valence-electron chi connectivity index (χ0n) is 21.0. The molecular formula is C28H32N2O6. The van der Waals surface area contributed by atoms with Crippen LogP contribution in [0.15, 0.2) is 51.7 Å². The maximum Gasteiger partial charge on any atom is 0.290 e. The Bertz CT molecular complexity index is 1290. The second-order valence-corrected chi connectivity index (χ2v) is 9.36. The van der Waals surface area contributed by atoms with Crippen LogP contribution in [0.2, 0.25) is 0 Å². The smallest absolute Gasteiger partial charge is 0.290 e. The van der Waals surface area contributed by atoms with Crippen molar-refractivity contribution in [2.24, 2.45) is 0 Å². The summed E-state index contributed by atoms with van der Waals surface area (Å²) in [5, 5.41) is 0.435. The minimum atomic E-state index is -0.533. The highest BCUT2D eigenvalue weighted by Crippen LogP contribution is 2.39. The van der Waals surface area contributed by atoms with Crippen molar-refractivity contribution >= 4 is 16.9 Å². The average Bonchev–Trinajstić information content (AvgIpc) is 3.15. The molecule has 1 atom stereocenters. The first kappa shape index (κ1) is 24.3.